The van der Waals surface area contributed by atoms with Crippen LogP contribution in [0.4, 0.5) is 26.1 Å². The third-order valence-corrected chi connectivity index (χ3v) is 13.0. The maximum absolute atomic E-state index is 15.2. The van der Waals surface area contributed by atoms with E-state index in [1.165, 1.54) is 12.3 Å². The van der Waals surface area contributed by atoms with E-state index >= 15 is 4.39 Å². The van der Waals surface area contributed by atoms with E-state index in [1.54, 1.807) is 11.0 Å². The number of nitrogens with zero attached hydrogens (tertiary/aromatic N) is 5. The molecule has 0 radical (unpaired) electrons. The molecule has 58 heavy (non-hydrogen) atoms. The normalized spacial score (nSPS) is 24.1. The first-order valence-electron chi connectivity index (χ1n) is 21.3. The Hall–Kier alpha value is -4.98. The van der Waals surface area contributed by atoms with E-state index in [2.05, 4.69) is 30.8 Å². The Morgan fingerprint density at radius 2 is 1.60 bits per heavy atom. The van der Waals surface area contributed by atoms with Crippen LogP contribution in [0.1, 0.15) is 95.0 Å². The van der Waals surface area contributed by atoms with Crippen LogP contribution < -0.4 is 20.9 Å². The fourth-order valence-corrected chi connectivity index (χ4v) is 9.59. The molecular weight excluding hydrogens is 743 g/mol. The summed E-state index contributed by atoms with van der Waals surface area (Å²) in [6.07, 6.45) is 11.4. The molecule has 3 aromatic rings. The summed E-state index contributed by atoms with van der Waals surface area (Å²) in [5, 5.41) is 8.78. The molecule has 1 aliphatic carbocycles. The van der Waals surface area contributed by atoms with E-state index in [9.17, 15) is 23.6 Å². The topological polar surface area (TPSA) is 140 Å². The van der Waals surface area contributed by atoms with Gasteiger partial charge in [-0.25, -0.2) is 18.7 Å². The Morgan fingerprint density at radius 3 is 2.34 bits per heavy atom. The highest BCUT2D eigenvalue weighted by atomic mass is 19.1. The molecule has 1 unspecified atom stereocenters. The highest BCUT2D eigenvalue weighted by Crippen LogP contribution is 2.35. The van der Waals surface area contributed by atoms with E-state index in [4.69, 9.17) is 0 Å². The van der Waals surface area contributed by atoms with Crippen molar-refractivity contribution in [3.63, 3.8) is 0 Å². The third-order valence-electron chi connectivity index (χ3n) is 13.0. The Morgan fingerprint density at radius 1 is 0.810 bits per heavy atom. The van der Waals surface area contributed by atoms with Crippen molar-refractivity contribution in [3.05, 3.63) is 65.9 Å². The molecule has 8 rings (SSSR count). The quantitative estimate of drug-likeness (QED) is 0.204. The number of carbonyl (C=O) groups is 4. The van der Waals surface area contributed by atoms with E-state index in [0.29, 0.717) is 55.6 Å². The van der Waals surface area contributed by atoms with Gasteiger partial charge in [0.1, 0.15) is 17.6 Å². The Kier molecular flexibility index (Phi) is 12.3. The van der Waals surface area contributed by atoms with Crippen molar-refractivity contribution in [2.45, 2.75) is 101 Å². The van der Waals surface area contributed by atoms with Crippen molar-refractivity contribution in [3.8, 4) is 11.3 Å². The predicted octanol–water partition coefficient (Wildman–Crippen LogP) is 6.24. The fraction of sp³-hybridized carbons (Fsp3) is 0.545. The molecule has 4 saturated heterocycles. The van der Waals surface area contributed by atoms with Crippen LogP contribution in [-0.4, -0.2) is 94.7 Å². The predicted molar refractivity (Wildman–Crippen MR) is 217 cm³/mol. The molecule has 0 spiro atoms. The minimum absolute atomic E-state index is 0.0564. The van der Waals surface area contributed by atoms with Crippen LogP contribution in [-0.2, 0) is 19.2 Å². The van der Waals surface area contributed by atoms with Gasteiger partial charge in [0.25, 0.3) is 0 Å². The number of benzene rings is 2. The lowest BCUT2D eigenvalue weighted by atomic mass is 9.80. The summed E-state index contributed by atoms with van der Waals surface area (Å²) < 4.78 is 30.2. The number of hydrogen-bond acceptors (Lipinski definition) is 9. The largest absolute Gasteiger partial charge is 0.374 e. The van der Waals surface area contributed by atoms with Gasteiger partial charge in [-0.15, -0.1) is 0 Å². The number of halogens is 2. The lowest BCUT2D eigenvalue weighted by Crippen LogP contribution is -2.47. The van der Waals surface area contributed by atoms with E-state index < -0.39 is 11.9 Å². The van der Waals surface area contributed by atoms with Gasteiger partial charge in [-0.05, 0) is 125 Å². The Bertz CT molecular complexity index is 1990. The molecule has 5 fully saturated rings. The van der Waals surface area contributed by atoms with Gasteiger partial charge in [-0.1, -0.05) is 18.2 Å². The highest BCUT2D eigenvalue weighted by Gasteiger charge is 2.34. The number of nitrogens with one attached hydrogen (secondary N) is 3. The number of carbonyl (C=O) groups excluding carboxylic acids is 4. The smallest absolute Gasteiger partial charge is 0.249 e. The van der Waals surface area contributed by atoms with E-state index in [-0.39, 0.29) is 59.4 Å². The van der Waals surface area contributed by atoms with Gasteiger partial charge in [0.15, 0.2) is 5.82 Å². The first-order valence-corrected chi connectivity index (χ1v) is 21.3. The van der Waals surface area contributed by atoms with Gasteiger partial charge in [0.05, 0.1) is 6.20 Å². The zero-order chi connectivity index (χ0) is 40.2. The molecule has 2 aromatic carbocycles. The number of rotatable bonds is 10. The zero-order valence-corrected chi connectivity index (χ0v) is 33.1. The number of anilines is 3. The Labute approximate surface area is 338 Å². The van der Waals surface area contributed by atoms with Crippen molar-refractivity contribution in [2.75, 3.05) is 54.8 Å². The second kappa shape index (κ2) is 17.9. The van der Waals surface area contributed by atoms with Gasteiger partial charge in [0.2, 0.25) is 29.6 Å². The number of hydrogen-bond donors (Lipinski definition) is 3. The van der Waals surface area contributed by atoms with Gasteiger partial charge < -0.3 is 25.3 Å². The molecular formula is C44H54F2N8O4. The summed E-state index contributed by atoms with van der Waals surface area (Å²) >= 11 is 0. The molecule has 4 aliphatic heterocycles. The van der Waals surface area contributed by atoms with E-state index in [0.717, 1.165) is 95.1 Å². The van der Waals surface area contributed by atoms with Crippen molar-refractivity contribution in [1.29, 1.82) is 0 Å². The number of likely N-dealkylation sites (tertiary alicyclic amines) is 2. The van der Waals surface area contributed by atoms with Crippen molar-refractivity contribution in [2.24, 2.45) is 11.8 Å². The summed E-state index contributed by atoms with van der Waals surface area (Å²) in [6, 6.07) is 12.0. The summed E-state index contributed by atoms with van der Waals surface area (Å²) in [7, 11) is 0. The first-order chi connectivity index (χ1) is 28.2. The number of piperidine rings is 4. The molecule has 4 amide bonds. The van der Waals surface area contributed by atoms with Crippen LogP contribution >= 0.6 is 0 Å². The molecule has 1 atom stereocenters. The summed E-state index contributed by atoms with van der Waals surface area (Å²) in [4.78, 5) is 64.7. The molecule has 5 heterocycles. The van der Waals surface area contributed by atoms with Crippen LogP contribution in [0, 0.1) is 23.5 Å². The molecule has 12 nitrogen and oxygen atoms in total. The SMILES string of the molecule is O=C1CCC(Nc2ccc(C3CCN(CC4CCC(C(=O)N5CCC(Nc6ncc(F)c(-c7cccc(N8CCCCC8=O)c7)n6)CC5)CC4)CC3)c(F)c2)C(=O)N1. The standard InChI is InChI=1S/C44H54F2N8O4/c45-36-25-33(48-38-13-14-39(55)50-42(38)57)11-12-35(36)29-15-20-52(21-16-29)27-28-7-9-30(10-8-28)43(58)53-22-17-32(18-23-53)49-44-47-26-37(46)41(51-44)31-4-3-5-34(24-31)54-19-2-1-6-40(54)56/h3-5,11-12,24-26,28-30,32,38,48H,1-2,6-10,13-23,27H2,(H,47,49,51)(H,50,55,57). The fourth-order valence-electron chi connectivity index (χ4n) is 9.59. The molecule has 3 N–H and O–H groups in total. The van der Waals surface area contributed by atoms with E-state index in [1.807, 2.05) is 35.2 Å². The lowest BCUT2D eigenvalue weighted by Gasteiger charge is -2.38. The van der Waals surface area contributed by atoms with Crippen LogP contribution in [0.2, 0.25) is 0 Å². The average molecular weight is 797 g/mol. The van der Waals surface area contributed by atoms with Gasteiger partial charge in [-0.2, -0.15) is 0 Å². The third kappa shape index (κ3) is 9.32. The zero-order valence-electron chi connectivity index (χ0n) is 33.1. The molecule has 14 heteroatoms. The maximum Gasteiger partial charge on any atom is 0.249 e. The van der Waals surface area contributed by atoms with Crippen molar-refractivity contribution < 1.29 is 28.0 Å². The second-order valence-electron chi connectivity index (χ2n) is 16.9. The van der Waals surface area contributed by atoms with Crippen LogP contribution in [0.25, 0.3) is 11.3 Å². The van der Waals surface area contributed by atoms with Gasteiger partial charge >= 0.3 is 0 Å². The molecule has 1 saturated carbocycles. The van der Waals surface area contributed by atoms with Crippen molar-refractivity contribution >= 4 is 41.0 Å². The summed E-state index contributed by atoms with van der Waals surface area (Å²) in [6.45, 7) is 4.82. The summed E-state index contributed by atoms with van der Waals surface area (Å²) in [5.74, 6) is 0.0161. The van der Waals surface area contributed by atoms with Crippen molar-refractivity contribution in [1.82, 2.24) is 25.1 Å². The molecule has 1 aromatic heterocycles. The minimum atomic E-state index is -0.544. The maximum atomic E-state index is 15.2. The monoisotopic (exact) mass is 796 g/mol. The minimum Gasteiger partial charge on any atom is -0.374 e. The van der Waals surface area contributed by atoms with Crippen LogP contribution in [0.5, 0.6) is 0 Å². The lowest BCUT2D eigenvalue weighted by molar-refractivity contribution is -0.138. The highest BCUT2D eigenvalue weighted by molar-refractivity contribution is 6.01. The van der Waals surface area contributed by atoms with Gasteiger partial charge in [0, 0.05) is 67.9 Å². The number of aromatic nitrogens is 2. The summed E-state index contributed by atoms with van der Waals surface area (Å²) in [5.41, 5.74) is 2.80. The second-order valence-corrected chi connectivity index (χ2v) is 16.9. The molecule has 5 aliphatic rings. The first kappa shape index (κ1) is 39.8. The van der Waals surface area contributed by atoms with Crippen LogP contribution in [0.3, 0.4) is 0 Å². The molecule has 0 bridgehead atoms. The van der Waals surface area contributed by atoms with Crippen LogP contribution in [0.15, 0.2) is 48.7 Å². The van der Waals surface area contributed by atoms with Gasteiger partial charge in [-0.3, -0.25) is 24.5 Å². The Balaban J connectivity index is 0.755. The number of imide groups is 1. The average Bonchev–Trinajstić information content (AvgIpc) is 3.23. The molecule has 308 valence electrons. The number of amides is 4.